The van der Waals surface area contributed by atoms with Gasteiger partial charge >= 0.3 is 0 Å². The molecule has 3 heteroatoms. The molecule has 2 saturated heterocycles. The largest absolute Gasteiger partial charge is 0.303 e. The van der Waals surface area contributed by atoms with Crippen molar-refractivity contribution in [3.05, 3.63) is 59.7 Å². The molecule has 0 aliphatic carbocycles. The number of aryl methyl sites for hydroxylation is 1. The van der Waals surface area contributed by atoms with Crippen LogP contribution in [0.1, 0.15) is 62.5 Å². The number of unbranched alkanes of at least 4 members (excludes halogenated alkanes) is 1. The van der Waals surface area contributed by atoms with Crippen molar-refractivity contribution in [1.29, 1.82) is 0 Å². The molecule has 32 heavy (non-hydrogen) atoms. The molecule has 3 nitrogen and oxygen atoms in total. The van der Waals surface area contributed by atoms with E-state index in [1.165, 1.54) is 75.0 Å². The number of likely N-dealkylation sites (tertiary alicyclic amines) is 2. The standard InChI is InChI=1S/C29H40N2O/c1-24-8-12-26(13-9-24)27-14-10-25(11-15-27)23-29(32)7-3-6-18-30-21-16-28(17-22-30)31-19-4-2-5-20-31/h8-15,28H,2-7,16-23H2,1H3. The van der Waals surface area contributed by atoms with Crippen molar-refractivity contribution in [2.75, 3.05) is 32.7 Å². The summed E-state index contributed by atoms with van der Waals surface area (Å²) in [4.78, 5) is 17.8. The molecule has 2 aliphatic heterocycles. The third-order valence-corrected chi connectivity index (χ3v) is 7.38. The Morgan fingerprint density at radius 2 is 1.44 bits per heavy atom. The highest BCUT2D eigenvalue weighted by atomic mass is 16.1. The second-order valence-electron chi connectivity index (χ2n) is 9.90. The van der Waals surface area contributed by atoms with E-state index in [2.05, 4.69) is 65.3 Å². The Hall–Kier alpha value is -1.97. The second-order valence-corrected chi connectivity index (χ2v) is 9.90. The molecule has 2 heterocycles. The number of carbonyl (C=O) groups excluding carboxylic acids is 1. The number of nitrogens with zero attached hydrogens (tertiary/aromatic N) is 2. The molecule has 0 radical (unpaired) electrons. The van der Waals surface area contributed by atoms with Crippen molar-refractivity contribution in [2.24, 2.45) is 0 Å². The molecule has 2 aromatic rings. The van der Waals surface area contributed by atoms with E-state index in [1.54, 1.807) is 0 Å². The Kier molecular flexibility index (Phi) is 8.53. The molecule has 0 aromatic heterocycles. The quantitative estimate of drug-likeness (QED) is 0.461. The highest BCUT2D eigenvalue weighted by Gasteiger charge is 2.25. The van der Waals surface area contributed by atoms with Crippen LogP contribution in [0.4, 0.5) is 0 Å². The van der Waals surface area contributed by atoms with E-state index in [9.17, 15) is 4.79 Å². The summed E-state index contributed by atoms with van der Waals surface area (Å²) in [6, 6.07) is 17.9. The molecule has 0 saturated carbocycles. The fourth-order valence-electron chi connectivity index (χ4n) is 5.33. The van der Waals surface area contributed by atoms with Gasteiger partial charge in [0.1, 0.15) is 5.78 Å². The predicted octanol–water partition coefficient (Wildman–Crippen LogP) is 5.89. The van der Waals surface area contributed by atoms with Gasteiger partial charge in [-0.15, -0.1) is 0 Å². The predicted molar refractivity (Wildman–Crippen MR) is 134 cm³/mol. The average molecular weight is 433 g/mol. The number of ketones is 1. The van der Waals surface area contributed by atoms with E-state index >= 15 is 0 Å². The van der Waals surface area contributed by atoms with Crippen LogP contribution in [-0.2, 0) is 11.2 Å². The Bertz CT molecular complexity index is 828. The van der Waals surface area contributed by atoms with Crippen LogP contribution < -0.4 is 0 Å². The van der Waals surface area contributed by atoms with E-state index in [-0.39, 0.29) is 0 Å². The van der Waals surface area contributed by atoms with Crippen molar-refractivity contribution >= 4 is 5.78 Å². The van der Waals surface area contributed by atoms with Gasteiger partial charge in [0.25, 0.3) is 0 Å². The topological polar surface area (TPSA) is 23.6 Å². The van der Waals surface area contributed by atoms with Crippen LogP contribution in [0, 0.1) is 6.92 Å². The molecule has 0 unspecified atom stereocenters. The molecule has 0 amide bonds. The number of hydrogen-bond donors (Lipinski definition) is 0. The second kappa shape index (κ2) is 11.8. The maximum Gasteiger partial charge on any atom is 0.137 e. The third kappa shape index (κ3) is 6.76. The summed E-state index contributed by atoms with van der Waals surface area (Å²) < 4.78 is 0. The molecule has 0 atom stereocenters. The highest BCUT2D eigenvalue weighted by molar-refractivity contribution is 5.81. The molecular formula is C29H40N2O. The van der Waals surface area contributed by atoms with E-state index in [1.807, 2.05) is 0 Å². The minimum Gasteiger partial charge on any atom is -0.303 e. The highest BCUT2D eigenvalue weighted by Crippen LogP contribution is 2.22. The summed E-state index contributed by atoms with van der Waals surface area (Å²) >= 11 is 0. The van der Waals surface area contributed by atoms with Crippen LogP contribution >= 0.6 is 0 Å². The number of Topliss-reactive ketones (excluding diaryl/α,β-unsaturated/α-hetero) is 1. The molecule has 0 N–H and O–H groups in total. The first-order chi connectivity index (χ1) is 15.7. The molecule has 172 valence electrons. The SMILES string of the molecule is Cc1ccc(-c2ccc(CC(=O)CCCCN3CCC(N4CCCCC4)CC3)cc2)cc1. The molecule has 2 aromatic carbocycles. The van der Waals surface area contributed by atoms with Gasteiger partial charge in [0.05, 0.1) is 0 Å². The van der Waals surface area contributed by atoms with Crippen molar-refractivity contribution in [2.45, 2.75) is 70.8 Å². The number of piperidine rings is 2. The van der Waals surface area contributed by atoms with Crippen LogP contribution in [0.3, 0.4) is 0 Å². The van der Waals surface area contributed by atoms with Crippen molar-refractivity contribution in [3.63, 3.8) is 0 Å². The minimum atomic E-state index is 0.372. The van der Waals surface area contributed by atoms with Gasteiger partial charge in [-0.05, 0) is 94.9 Å². The van der Waals surface area contributed by atoms with Gasteiger partial charge in [0.2, 0.25) is 0 Å². The summed E-state index contributed by atoms with van der Waals surface area (Å²) in [7, 11) is 0. The van der Waals surface area contributed by atoms with Crippen molar-refractivity contribution in [3.8, 4) is 11.1 Å². The van der Waals surface area contributed by atoms with Gasteiger partial charge in [0, 0.05) is 18.9 Å². The summed E-state index contributed by atoms with van der Waals surface area (Å²) in [6.45, 7) is 8.38. The van der Waals surface area contributed by atoms with E-state index in [0.717, 1.165) is 31.0 Å². The smallest absolute Gasteiger partial charge is 0.137 e. The fraction of sp³-hybridized carbons (Fsp3) is 0.552. The van der Waals surface area contributed by atoms with Crippen molar-refractivity contribution in [1.82, 2.24) is 9.80 Å². The van der Waals surface area contributed by atoms with Crippen LogP contribution in [-0.4, -0.2) is 54.3 Å². The Balaban J connectivity index is 1.11. The van der Waals surface area contributed by atoms with Crippen LogP contribution in [0.2, 0.25) is 0 Å². The lowest BCUT2D eigenvalue weighted by atomic mass is 9.99. The van der Waals surface area contributed by atoms with Crippen LogP contribution in [0.15, 0.2) is 48.5 Å². The normalized spacial score (nSPS) is 18.7. The van der Waals surface area contributed by atoms with E-state index in [0.29, 0.717) is 18.6 Å². The number of hydrogen-bond acceptors (Lipinski definition) is 3. The molecule has 0 bridgehead atoms. The maximum atomic E-state index is 12.5. The number of carbonyl (C=O) groups is 1. The lowest BCUT2D eigenvalue weighted by molar-refractivity contribution is -0.118. The zero-order valence-electron chi connectivity index (χ0n) is 19.9. The summed E-state index contributed by atoms with van der Waals surface area (Å²) in [6.07, 6.45) is 10.3. The van der Waals surface area contributed by atoms with Crippen molar-refractivity contribution < 1.29 is 4.79 Å². The maximum absolute atomic E-state index is 12.5. The van der Waals surface area contributed by atoms with Gasteiger partial charge in [-0.2, -0.15) is 0 Å². The lowest BCUT2D eigenvalue weighted by Crippen LogP contribution is -2.46. The zero-order valence-corrected chi connectivity index (χ0v) is 19.9. The molecule has 2 fully saturated rings. The first kappa shape index (κ1) is 23.2. The minimum absolute atomic E-state index is 0.372. The average Bonchev–Trinajstić information content (AvgIpc) is 2.84. The fourth-order valence-corrected chi connectivity index (χ4v) is 5.33. The summed E-state index contributed by atoms with van der Waals surface area (Å²) in [5, 5.41) is 0. The molecular weight excluding hydrogens is 392 g/mol. The van der Waals surface area contributed by atoms with E-state index in [4.69, 9.17) is 0 Å². The molecule has 0 spiro atoms. The molecule has 4 rings (SSSR count). The number of rotatable bonds is 9. The van der Waals surface area contributed by atoms with E-state index < -0.39 is 0 Å². The Morgan fingerprint density at radius 3 is 2.09 bits per heavy atom. The van der Waals surface area contributed by atoms with Crippen LogP contribution in [0.5, 0.6) is 0 Å². The van der Waals surface area contributed by atoms with Gasteiger partial charge in [-0.3, -0.25) is 4.79 Å². The van der Waals surface area contributed by atoms with Gasteiger partial charge in [-0.25, -0.2) is 0 Å². The first-order valence-electron chi connectivity index (χ1n) is 12.8. The molecule has 2 aliphatic rings. The van der Waals surface area contributed by atoms with Gasteiger partial charge < -0.3 is 9.80 Å². The van der Waals surface area contributed by atoms with Gasteiger partial charge in [-0.1, -0.05) is 60.5 Å². The zero-order chi connectivity index (χ0) is 22.2. The number of benzene rings is 2. The first-order valence-corrected chi connectivity index (χ1v) is 12.8. The third-order valence-electron chi connectivity index (χ3n) is 7.38. The Labute approximate surface area is 194 Å². The van der Waals surface area contributed by atoms with Crippen LogP contribution in [0.25, 0.3) is 11.1 Å². The summed E-state index contributed by atoms with van der Waals surface area (Å²) in [5.41, 5.74) is 4.85. The van der Waals surface area contributed by atoms with Gasteiger partial charge in [0.15, 0.2) is 0 Å². The summed E-state index contributed by atoms with van der Waals surface area (Å²) in [5.74, 6) is 0.372. The lowest BCUT2D eigenvalue weighted by Gasteiger charge is -2.40. The monoisotopic (exact) mass is 432 g/mol. The Morgan fingerprint density at radius 1 is 0.812 bits per heavy atom.